The number of hydrogen-bond donors (Lipinski definition) is 5. The molecule has 2 aromatic carbocycles. The summed E-state index contributed by atoms with van der Waals surface area (Å²) in [5, 5.41) is 31.0. The number of carbonyl (C=O) groups is 1. The van der Waals surface area contributed by atoms with Crippen molar-refractivity contribution in [3.05, 3.63) is 108 Å². The summed E-state index contributed by atoms with van der Waals surface area (Å²) in [4.78, 5) is 30.8. The first-order chi connectivity index (χ1) is 22.0. The number of benzene rings is 2. The molecular formula is C33H36N8O4. The van der Waals surface area contributed by atoms with E-state index in [2.05, 4.69) is 50.2 Å². The molecule has 1 fully saturated rings. The lowest BCUT2D eigenvalue weighted by molar-refractivity contribution is -0.137. The van der Waals surface area contributed by atoms with Crippen LogP contribution in [0.1, 0.15) is 35.8 Å². The molecule has 0 radical (unpaired) electrons. The molecule has 1 aliphatic heterocycles. The summed E-state index contributed by atoms with van der Waals surface area (Å²) in [6, 6.07) is 24.4. The van der Waals surface area contributed by atoms with Crippen molar-refractivity contribution < 1.29 is 19.7 Å². The molecule has 0 aliphatic carbocycles. The molecule has 3 aromatic heterocycles. The van der Waals surface area contributed by atoms with Gasteiger partial charge in [0.25, 0.3) is 5.91 Å². The number of nitrogens with one attached hydrogen (secondary N) is 3. The van der Waals surface area contributed by atoms with E-state index in [-0.39, 0.29) is 5.92 Å². The lowest BCUT2D eigenvalue weighted by Crippen LogP contribution is -2.42. The van der Waals surface area contributed by atoms with E-state index in [0.717, 1.165) is 16.7 Å². The third-order valence-electron chi connectivity index (χ3n) is 7.84. The number of anilines is 2. The van der Waals surface area contributed by atoms with Gasteiger partial charge in [-0.3, -0.25) is 14.3 Å². The van der Waals surface area contributed by atoms with Crippen LogP contribution in [0.4, 0.5) is 11.8 Å². The molecule has 0 spiro atoms. The maximum atomic E-state index is 12.5. The van der Waals surface area contributed by atoms with E-state index in [9.17, 15) is 15.0 Å². The minimum atomic E-state index is -1.42. The van der Waals surface area contributed by atoms with Gasteiger partial charge in [0, 0.05) is 37.9 Å². The zero-order chi connectivity index (χ0) is 31.2. The van der Waals surface area contributed by atoms with Gasteiger partial charge in [0.05, 0.1) is 6.33 Å². The van der Waals surface area contributed by atoms with Crippen molar-refractivity contribution >= 4 is 28.8 Å². The molecule has 12 heteroatoms. The Labute approximate surface area is 260 Å². The van der Waals surface area contributed by atoms with Gasteiger partial charge in [-0.1, -0.05) is 66.7 Å². The van der Waals surface area contributed by atoms with Crippen molar-refractivity contribution in [3.8, 4) is 0 Å². The molecule has 45 heavy (non-hydrogen) atoms. The third kappa shape index (κ3) is 6.63. The Morgan fingerprint density at radius 1 is 0.956 bits per heavy atom. The summed E-state index contributed by atoms with van der Waals surface area (Å²) in [5.41, 5.74) is 4.19. The number of carbonyl (C=O) groups excluding carboxylic acids is 1. The molecule has 1 aliphatic rings. The second kappa shape index (κ2) is 13.8. The Morgan fingerprint density at radius 2 is 1.69 bits per heavy atom. The van der Waals surface area contributed by atoms with Crippen molar-refractivity contribution in [3.63, 3.8) is 0 Å². The normalized spacial score (nSPS) is 19.6. The minimum absolute atomic E-state index is 0.0226. The standard InChI is InChI=1S/C33H36N8O4/c1-2-35-31(44)28-26(42)27(43)32(45-28)41-20-38-25-29(39-33(40-30(25)41)36-17-15-21-10-9-16-34-18-21)37-19-24(22-11-5-3-6-12-22)23-13-7-4-8-14-23/h3-14,16,18,20,24,26-28,32,42-43H,2,15,17,19H2,1H3,(H,35,44)(H2,36,37,39,40)/t26-,27+,28-,32+/m0/s1. The molecule has 5 N–H and O–H groups in total. The average Bonchev–Trinajstić information content (AvgIpc) is 3.63. The summed E-state index contributed by atoms with van der Waals surface area (Å²) in [6.45, 7) is 3.19. The molecule has 1 amide bonds. The molecule has 6 rings (SSSR count). The molecule has 0 saturated carbocycles. The third-order valence-corrected chi connectivity index (χ3v) is 7.84. The Hall–Kier alpha value is -4.91. The fourth-order valence-electron chi connectivity index (χ4n) is 5.55. The number of nitrogens with zero attached hydrogens (tertiary/aromatic N) is 5. The van der Waals surface area contributed by atoms with Crippen molar-refractivity contribution in [1.29, 1.82) is 0 Å². The lowest BCUT2D eigenvalue weighted by Gasteiger charge is -2.20. The first-order valence-corrected chi connectivity index (χ1v) is 15.0. The van der Waals surface area contributed by atoms with E-state index < -0.39 is 30.4 Å². The van der Waals surface area contributed by atoms with Gasteiger partial charge in [-0.2, -0.15) is 9.97 Å². The SMILES string of the molecule is CCNC(=O)[C@H]1O[C@@H](n2cnc3c(NCC(c4ccccc4)c4ccccc4)nc(NCCc4cccnc4)nc32)[C@H](O)[C@@H]1O. The van der Waals surface area contributed by atoms with Gasteiger partial charge in [0.2, 0.25) is 5.95 Å². The summed E-state index contributed by atoms with van der Waals surface area (Å²) in [7, 11) is 0. The largest absolute Gasteiger partial charge is 0.387 e. The van der Waals surface area contributed by atoms with Crippen LogP contribution in [0.3, 0.4) is 0 Å². The Bertz CT molecular complexity index is 1660. The molecule has 4 atom stereocenters. The Morgan fingerprint density at radius 3 is 2.36 bits per heavy atom. The number of aromatic nitrogens is 5. The summed E-state index contributed by atoms with van der Waals surface area (Å²) in [6.07, 6.45) is 0.593. The summed E-state index contributed by atoms with van der Waals surface area (Å²) in [5.74, 6) is 0.362. The average molecular weight is 609 g/mol. The number of rotatable bonds is 12. The van der Waals surface area contributed by atoms with Gasteiger partial charge in [0.15, 0.2) is 29.3 Å². The highest BCUT2D eigenvalue weighted by Crippen LogP contribution is 2.34. The quantitative estimate of drug-likeness (QED) is 0.143. The van der Waals surface area contributed by atoms with Crippen LogP contribution in [0.25, 0.3) is 11.2 Å². The monoisotopic (exact) mass is 608 g/mol. The predicted octanol–water partition coefficient (Wildman–Crippen LogP) is 2.88. The molecule has 232 valence electrons. The summed E-state index contributed by atoms with van der Waals surface area (Å²) < 4.78 is 7.42. The fourth-order valence-corrected chi connectivity index (χ4v) is 5.55. The van der Waals surface area contributed by atoms with Crippen LogP contribution in [0.5, 0.6) is 0 Å². The topological polar surface area (TPSA) is 159 Å². The molecule has 1 saturated heterocycles. The van der Waals surface area contributed by atoms with E-state index in [1.54, 1.807) is 13.1 Å². The van der Waals surface area contributed by atoms with Crippen molar-refractivity contribution in [2.45, 2.75) is 43.8 Å². The second-order valence-electron chi connectivity index (χ2n) is 10.8. The number of amides is 1. The minimum Gasteiger partial charge on any atom is -0.387 e. The van der Waals surface area contributed by atoms with Crippen molar-refractivity contribution in [2.24, 2.45) is 0 Å². The molecule has 12 nitrogen and oxygen atoms in total. The molecule has 0 bridgehead atoms. The van der Waals surface area contributed by atoms with Gasteiger partial charge in [-0.05, 0) is 36.1 Å². The Balaban J connectivity index is 1.32. The predicted molar refractivity (Wildman–Crippen MR) is 170 cm³/mol. The number of aliphatic hydroxyl groups excluding tert-OH is 2. The number of aliphatic hydroxyl groups is 2. The maximum absolute atomic E-state index is 12.5. The highest BCUT2D eigenvalue weighted by Gasteiger charge is 2.47. The van der Waals surface area contributed by atoms with Crippen LogP contribution >= 0.6 is 0 Å². The van der Waals surface area contributed by atoms with Crippen molar-refractivity contribution in [1.82, 2.24) is 29.8 Å². The first-order valence-electron chi connectivity index (χ1n) is 15.0. The number of fused-ring (bicyclic) bond motifs is 1. The van der Waals surface area contributed by atoms with Crippen LogP contribution in [-0.4, -0.2) is 78.6 Å². The van der Waals surface area contributed by atoms with Gasteiger partial charge in [-0.15, -0.1) is 0 Å². The van der Waals surface area contributed by atoms with Crippen LogP contribution in [0.2, 0.25) is 0 Å². The number of ether oxygens (including phenoxy) is 1. The van der Waals surface area contributed by atoms with Gasteiger partial charge in [-0.25, -0.2) is 4.98 Å². The molecule has 0 unspecified atom stereocenters. The van der Waals surface area contributed by atoms with E-state index in [1.807, 2.05) is 54.7 Å². The Kier molecular flexibility index (Phi) is 9.24. The zero-order valence-electron chi connectivity index (χ0n) is 24.8. The number of hydrogen-bond acceptors (Lipinski definition) is 10. The molecular weight excluding hydrogens is 572 g/mol. The number of pyridine rings is 1. The number of likely N-dealkylation sites (N-methyl/N-ethyl adjacent to an activating group) is 1. The van der Waals surface area contributed by atoms with Gasteiger partial charge < -0.3 is 30.9 Å². The first kappa shape index (κ1) is 30.1. The van der Waals surface area contributed by atoms with Crippen LogP contribution in [0.15, 0.2) is 91.5 Å². The van der Waals surface area contributed by atoms with Gasteiger partial charge >= 0.3 is 0 Å². The van der Waals surface area contributed by atoms with Gasteiger partial charge in [0.1, 0.15) is 12.2 Å². The zero-order valence-corrected chi connectivity index (χ0v) is 24.8. The van der Waals surface area contributed by atoms with Crippen LogP contribution in [-0.2, 0) is 16.0 Å². The maximum Gasteiger partial charge on any atom is 0.252 e. The van der Waals surface area contributed by atoms with E-state index in [4.69, 9.17) is 14.7 Å². The van der Waals surface area contributed by atoms with Crippen LogP contribution < -0.4 is 16.0 Å². The highest BCUT2D eigenvalue weighted by atomic mass is 16.6. The van der Waals surface area contributed by atoms with Crippen LogP contribution in [0, 0.1) is 0 Å². The smallest absolute Gasteiger partial charge is 0.252 e. The molecule has 5 aromatic rings. The highest BCUT2D eigenvalue weighted by molar-refractivity contribution is 5.85. The summed E-state index contributed by atoms with van der Waals surface area (Å²) >= 11 is 0. The van der Waals surface area contributed by atoms with E-state index >= 15 is 0 Å². The van der Waals surface area contributed by atoms with E-state index in [1.165, 1.54) is 10.9 Å². The van der Waals surface area contributed by atoms with Crippen molar-refractivity contribution in [2.75, 3.05) is 30.3 Å². The van der Waals surface area contributed by atoms with E-state index in [0.29, 0.717) is 49.0 Å². The second-order valence-corrected chi connectivity index (χ2v) is 10.8. The fraction of sp³-hybridized carbons (Fsp3) is 0.303. The number of imidazole rings is 1. The molecule has 4 heterocycles. The lowest BCUT2D eigenvalue weighted by atomic mass is 9.91.